The summed E-state index contributed by atoms with van der Waals surface area (Å²) in [4.78, 5) is 18.1. The Morgan fingerprint density at radius 1 is 1.60 bits per heavy atom. The normalized spacial score (nSPS) is 14.3. The number of nitrogens with zero attached hydrogens (tertiary/aromatic N) is 3. The van der Waals surface area contributed by atoms with Crippen LogP contribution in [-0.2, 0) is 16.1 Å². The molecule has 1 atom stereocenters. The molecule has 0 aliphatic carbocycles. The zero-order chi connectivity index (χ0) is 14.8. The molecule has 0 aliphatic heterocycles. The van der Waals surface area contributed by atoms with Crippen LogP contribution in [-0.4, -0.2) is 45.2 Å². The predicted molar refractivity (Wildman–Crippen MR) is 69.4 cm³/mol. The number of nitrogen functional groups attached to an aromatic ring is 1. The molecule has 0 amide bonds. The van der Waals surface area contributed by atoms with E-state index >= 15 is 0 Å². The van der Waals surface area contributed by atoms with Gasteiger partial charge in [0.1, 0.15) is 17.1 Å². The molecule has 0 aliphatic rings. The Balaban J connectivity index is 2.29. The summed E-state index contributed by atoms with van der Waals surface area (Å²) < 4.78 is 19.9. The fourth-order valence-electron chi connectivity index (χ4n) is 1.94. The van der Waals surface area contributed by atoms with Crippen LogP contribution in [0.1, 0.15) is 6.42 Å². The number of hydrogen-bond acceptors (Lipinski definition) is 6. The molecule has 7 nitrogen and oxygen atoms in total. The summed E-state index contributed by atoms with van der Waals surface area (Å²) in [5, 5.41) is 9.77. The number of aldehydes is 1. The monoisotopic (exact) mass is 282 g/mol. The van der Waals surface area contributed by atoms with Gasteiger partial charge in [-0.2, -0.15) is 14.4 Å². The van der Waals surface area contributed by atoms with Gasteiger partial charge in [-0.1, -0.05) is 0 Å². The van der Waals surface area contributed by atoms with Crippen LogP contribution in [0, 0.1) is 6.08 Å². The van der Waals surface area contributed by atoms with Crippen molar-refractivity contribution >= 4 is 23.1 Å². The van der Waals surface area contributed by atoms with E-state index in [1.54, 1.807) is 16.8 Å². The molecule has 108 valence electrons. The molecule has 0 radical (unpaired) electrons. The first-order valence-corrected chi connectivity index (χ1v) is 5.95. The number of aryl methyl sites for hydroxylation is 1. The Hall–Kier alpha value is -2.06. The molecule has 3 N–H and O–H groups in total. The van der Waals surface area contributed by atoms with Crippen LogP contribution in [0.25, 0.3) is 11.0 Å². The van der Waals surface area contributed by atoms with Crippen LogP contribution in [0.4, 0.5) is 10.2 Å². The zero-order valence-corrected chi connectivity index (χ0v) is 10.9. The molecule has 0 saturated heterocycles. The summed E-state index contributed by atoms with van der Waals surface area (Å²) >= 11 is 0. The maximum atomic E-state index is 13.2. The number of aliphatic hydroxyl groups is 1. The van der Waals surface area contributed by atoms with E-state index in [1.807, 2.05) is 0 Å². The number of hydrogen-bond donors (Lipinski definition) is 2. The summed E-state index contributed by atoms with van der Waals surface area (Å²) in [5.74, 6) is 0.0572. The topological polar surface area (TPSA) is 103 Å². The van der Waals surface area contributed by atoms with Crippen molar-refractivity contribution in [3.05, 3.63) is 18.3 Å². The zero-order valence-electron chi connectivity index (χ0n) is 10.9. The lowest BCUT2D eigenvalue weighted by molar-refractivity contribution is -0.134. The number of fused-ring (bicyclic) bond motifs is 1. The van der Waals surface area contributed by atoms with E-state index in [-0.39, 0.29) is 12.2 Å². The minimum Gasteiger partial charge on any atom is -0.393 e. The SMILES string of the molecule is CO[C@](C=O)(CO)CCn1ccc2c(N)nc(F)nc21. The first-order chi connectivity index (χ1) is 9.55. The highest BCUT2D eigenvalue weighted by Crippen LogP contribution is 2.21. The molecule has 2 rings (SSSR count). The lowest BCUT2D eigenvalue weighted by Crippen LogP contribution is -2.38. The van der Waals surface area contributed by atoms with Gasteiger partial charge in [0.25, 0.3) is 0 Å². The second-order valence-corrected chi connectivity index (χ2v) is 4.42. The molecule has 0 unspecified atom stereocenters. The molecular formula is C12H15FN4O3. The van der Waals surface area contributed by atoms with Crippen molar-refractivity contribution in [1.82, 2.24) is 14.5 Å². The molecule has 0 saturated carbocycles. The third-order valence-corrected chi connectivity index (χ3v) is 3.29. The Kier molecular flexibility index (Phi) is 3.96. The molecule has 20 heavy (non-hydrogen) atoms. The fraction of sp³-hybridized carbons (Fsp3) is 0.417. The van der Waals surface area contributed by atoms with Gasteiger partial charge in [0.05, 0.1) is 12.0 Å². The first-order valence-electron chi connectivity index (χ1n) is 5.95. The first kappa shape index (κ1) is 14.4. The minimum atomic E-state index is -1.27. The average Bonchev–Trinajstić information content (AvgIpc) is 2.84. The molecular weight excluding hydrogens is 267 g/mol. The van der Waals surface area contributed by atoms with Gasteiger partial charge >= 0.3 is 6.08 Å². The summed E-state index contributed by atoms with van der Waals surface area (Å²) in [7, 11) is 1.35. The highest BCUT2D eigenvalue weighted by molar-refractivity contribution is 5.86. The fourth-order valence-corrected chi connectivity index (χ4v) is 1.94. The Labute approximate surface area is 114 Å². The van der Waals surface area contributed by atoms with Crippen molar-refractivity contribution in [2.75, 3.05) is 19.5 Å². The van der Waals surface area contributed by atoms with Crippen molar-refractivity contribution in [1.29, 1.82) is 0 Å². The summed E-state index contributed by atoms with van der Waals surface area (Å²) in [6.45, 7) is -0.121. The third kappa shape index (κ3) is 2.47. The van der Waals surface area contributed by atoms with Crippen molar-refractivity contribution < 1.29 is 19.0 Å². The van der Waals surface area contributed by atoms with Gasteiger partial charge < -0.3 is 24.9 Å². The lowest BCUT2D eigenvalue weighted by Gasteiger charge is -2.24. The van der Waals surface area contributed by atoms with Crippen LogP contribution in [0.3, 0.4) is 0 Å². The summed E-state index contributed by atoms with van der Waals surface area (Å²) in [5.41, 5.74) is 4.67. The Morgan fingerprint density at radius 2 is 2.35 bits per heavy atom. The van der Waals surface area contributed by atoms with Gasteiger partial charge in [-0.25, -0.2) is 0 Å². The molecule has 0 fully saturated rings. The van der Waals surface area contributed by atoms with Crippen LogP contribution in [0.2, 0.25) is 0 Å². The summed E-state index contributed by atoms with van der Waals surface area (Å²) in [6, 6.07) is 1.67. The van der Waals surface area contributed by atoms with Gasteiger partial charge in [0, 0.05) is 26.3 Å². The molecule has 0 bridgehead atoms. The number of carbonyl (C=O) groups excluding carboxylic acids is 1. The van der Waals surface area contributed by atoms with Crippen LogP contribution in [0.15, 0.2) is 12.3 Å². The van der Waals surface area contributed by atoms with Gasteiger partial charge in [-0.05, 0) is 6.07 Å². The summed E-state index contributed by atoms with van der Waals surface area (Å²) in [6.07, 6.45) is 1.53. The lowest BCUT2D eigenvalue weighted by atomic mass is 10.0. The van der Waals surface area contributed by atoms with Gasteiger partial charge in [-0.15, -0.1) is 0 Å². The minimum absolute atomic E-state index is 0.0572. The van der Waals surface area contributed by atoms with E-state index in [4.69, 9.17) is 10.5 Å². The maximum absolute atomic E-state index is 13.2. The van der Waals surface area contributed by atoms with E-state index in [1.165, 1.54) is 7.11 Å². The van der Waals surface area contributed by atoms with Crippen molar-refractivity contribution in [3.8, 4) is 0 Å². The highest BCUT2D eigenvalue weighted by atomic mass is 19.1. The number of methoxy groups -OCH3 is 1. The second-order valence-electron chi connectivity index (χ2n) is 4.42. The van der Waals surface area contributed by atoms with Gasteiger partial charge in [0.15, 0.2) is 6.29 Å². The Morgan fingerprint density at radius 3 is 2.95 bits per heavy atom. The number of rotatable bonds is 6. The van der Waals surface area contributed by atoms with E-state index in [0.29, 0.717) is 23.9 Å². The largest absolute Gasteiger partial charge is 0.393 e. The standard InChI is InChI=1S/C12H15FN4O3/c1-20-12(6-18,7-19)3-5-17-4-2-8-9(14)15-11(13)16-10(8)17/h2,4,6,19H,3,5,7H2,1H3,(H2,14,15,16)/t12-/m1/s1. The number of aliphatic hydroxyl groups excluding tert-OH is 1. The van der Waals surface area contributed by atoms with E-state index in [2.05, 4.69) is 9.97 Å². The number of nitrogens with two attached hydrogens (primary N) is 1. The second kappa shape index (κ2) is 5.51. The quantitative estimate of drug-likeness (QED) is 0.576. The van der Waals surface area contributed by atoms with E-state index in [0.717, 1.165) is 0 Å². The predicted octanol–water partition coefficient (Wildman–Crippen LogP) is 0.119. The van der Waals surface area contributed by atoms with Crippen LogP contribution < -0.4 is 5.73 Å². The number of carbonyl (C=O) groups is 1. The van der Waals surface area contributed by atoms with Crippen LogP contribution in [0.5, 0.6) is 0 Å². The number of halogens is 1. The van der Waals surface area contributed by atoms with E-state index in [9.17, 15) is 14.3 Å². The molecule has 2 aromatic heterocycles. The number of aromatic nitrogens is 3. The van der Waals surface area contributed by atoms with Crippen molar-refractivity contribution in [3.63, 3.8) is 0 Å². The highest BCUT2D eigenvalue weighted by Gasteiger charge is 2.28. The smallest absolute Gasteiger partial charge is 0.312 e. The maximum Gasteiger partial charge on any atom is 0.312 e. The number of anilines is 1. The van der Waals surface area contributed by atoms with Crippen LogP contribution >= 0.6 is 0 Å². The molecule has 8 heteroatoms. The number of ether oxygens (including phenoxy) is 1. The average molecular weight is 282 g/mol. The Bertz CT molecular complexity index is 624. The molecule has 0 spiro atoms. The molecule has 0 aromatic carbocycles. The van der Waals surface area contributed by atoms with Gasteiger partial charge in [-0.3, -0.25) is 0 Å². The third-order valence-electron chi connectivity index (χ3n) is 3.29. The molecule has 2 aromatic rings. The van der Waals surface area contributed by atoms with E-state index < -0.39 is 18.3 Å². The van der Waals surface area contributed by atoms with Crippen molar-refractivity contribution in [2.45, 2.75) is 18.6 Å². The van der Waals surface area contributed by atoms with Gasteiger partial charge in [0.2, 0.25) is 0 Å². The molecule has 2 heterocycles. The van der Waals surface area contributed by atoms with Crippen molar-refractivity contribution in [2.24, 2.45) is 0 Å².